The Kier molecular flexibility index (Phi) is 3.00. The van der Waals surface area contributed by atoms with Crippen LogP contribution in [0.3, 0.4) is 0 Å². The first-order valence-corrected chi connectivity index (χ1v) is 6.80. The number of benzene rings is 1. The highest BCUT2D eigenvalue weighted by Crippen LogP contribution is 2.14. The van der Waals surface area contributed by atoms with Crippen LogP contribution in [0.2, 0.25) is 0 Å². The average molecular weight is 266 g/mol. The molecule has 96 valence electrons. The molecule has 18 heavy (non-hydrogen) atoms. The van der Waals surface area contributed by atoms with E-state index in [1.54, 1.807) is 29.8 Å². The maximum absolute atomic E-state index is 12.2. The van der Waals surface area contributed by atoms with E-state index in [0.29, 0.717) is 10.9 Å². The van der Waals surface area contributed by atoms with Crippen molar-refractivity contribution in [2.75, 3.05) is 14.1 Å². The molecule has 0 N–H and O–H groups in total. The summed E-state index contributed by atoms with van der Waals surface area (Å²) < 4.78 is 26.8. The third kappa shape index (κ3) is 1.83. The molecule has 0 saturated heterocycles. The standard InChI is InChI=1S/C12H14N2O3S/c1-13(2)18(16,17)11-8-14(3)10-7-5-4-6-9(10)12(11)15/h4-8H,1-3H3. The van der Waals surface area contributed by atoms with Crippen molar-refractivity contribution < 1.29 is 8.42 Å². The normalized spacial score (nSPS) is 12.2. The van der Waals surface area contributed by atoms with E-state index >= 15 is 0 Å². The number of aromatic nitrogens is 1. The van der Waals surface area contributed by atoms with Crippen molar-refractivity contribution >= 4 is 20.9 Å². The van der Waals surface area contributed by atoms with Gasteiger partial charge in [0, 0.05) is 32.7 Å². The van der Waals surface area contributed by atoms with Gasteiger partial charge in [0.05, 0.1) is 5.52 Å². The third-order valence-electron chi connectivity index (χ3n) is 2.82. The van der Waals surface area contributed by atoms with E-state index in [1.165, 1.54) is 20.3 Å². The Hall–Kier alpha value is -1.66. The van der Waals surface area contributed by atoms with Gasteiger partial charge in [-0.1, -0.05) is 12.1 Å². The molecule has 0 atom stereocenters. The number of sulfonamides is 1. The summed E-state index contributed by atoms with van der Waals surface area (Å²) in [6, 6.07) is 6.94. The highest BCUT2D eigenvalue weighted by Gasteiger charge is 2.22. The van der Waals surface area contributed by atoms with E-state index in [2.05, 4.69) is 0 Å². The van der Waals surface area contributed by atoms with E-state index in [9.17, 15) is 13.2 Å². The molecule has 1 aromatic carbocycles. The van der Waals surface area contributed by atoms with Crippen LogP contribution in [0.4, 0.5) is 0 Å². The predicted molar refractivity (Wildman–Crippen MR) is 70.1 cm³/mol. The van der Waals surface area contributed by atoms with Gasteiger partial charge in [-0.2, -0.15) is 0 Å². The first kappa shape index (κ1) is 12.8. The number of pyridine rings is 1. The molecule has 6 heteroatoms. The topological polar surface area (TPSA) is 59.4 Å². The average Bonchev–Trinajstić information content (AvgIpc) is 2.33. The van der Waals surface area contributed by atoms with Crippen molar-refractivity contribution in [1.82, 2.24) is 8.87 Å². The van der Waals surface area contributed by atoms with Crippen LogP contribution in [0.5, 0.6) is 0 Å². The van der Waals surface area contributed by atoms with E-state index in [-0.39, 0.29) is 4.90 Å². The molecule has 0 amide bonds. The zero-order chi connectivity index (χ0) is 13.5. The first-order valence-electron chi connectivity index (χ1n) is 5.36. The predicted octanol–water partition coefficient (Wildman–Crippen LogP) is 0.789. The van der Waals surface area contributed by atoms with Gasteiger partial charge in [-0.25, -0.2) is 12.7 Å². The molecule has 1 heterocycles. The Morgan fingerprint density at radius 2 is 1.78 bits per heavy atom. The molecule has 1 aromatic heterocycles. The smallest absolute Gasteiger partial charge is 0.247 e. The second-order valence-electron chi connectivity index (χ2n) is 4.24. The molecule has 5 nitrogen and oxygen atoms in total. The van der Waals surface area contributed by atoms with Crippen LogP contribution in [0.15, 0.2) is 40.2 Å². The molecule has 0 bridgehead atoms. The number of hydrogen-bond acceptors (Lipinski definition) is 3. The Bertz CT molecular complexity index is 760. The monoisotopic (exact) mass is 266 g/mol. The SMILES string of the molecule is CN(C)S(=O)(=O)c1cn(C)c2ccccc2c1=O. The number of nitrogens with zero attached hydrogens (tertiary/aromatic N) is 2. The molecule has 0 saturated carbocycles. The number of aryl methyl sites for hydroxylation is 1. The van der Waals surface area contributed by atoms with Gasteiger partial charge < -0.3 is 4.57 Å². The van der Waals surface area contributed by atoms with Crippen molar-refractivity contribution in [3.05, 3.63) is 40.7 Å². The van der Waals surface area contributed by atoms with Crippen LogP contribution in [0.25, 0.3) is 10.9 Å². The lowest BCUT2D eigenvalue weighted by atomic mass is 10.2. The highest BCUT2D eigenvalue weighted by molar-refractivity contribution is 7.89. The van der Waals surface area contributed by atoms with Crippen LogP contribution < -0.4 is 5.43 Å². The number of rotatable bonds is 2. The second-order valence-corrected chi connectivity index (χ2v) is 6.36. The van der Waals surface area contributed by atoms with E-state index in [4.69, 9.17) is 0 Å². The van der Waals surface area contributed by atoms with Gasteiger partial charge in [-0.15, -0.1) is 0 Å². The largest absolute Gasteiger partial charge is 0.349 e. The summed E-state index contributed by atoms with van der Waals surface area (Å²) in [7, 11) is 0.811. The van der Waals surface area contributed by atoms with Gasteiger partial charge in [-0.3, -0.25) is 4.79 Å². The molecule has 0 aliphatic heterocycles. The van der Waals surface area contributed by atoms with Crippen LogP contribution in [-0.4, -0.2) is 31.4 Å². The fraction of sp³-hybridized carbons (Fsp3) is 0.250. The fourth-order valence-electron chi connectivity index (χ4n) is 1.79. The molecule has 0 radical (unpaired) electrons. The zero-order valence-electron chi connectivity index (χ0n) is 10.4. The fourth-order valence-corrected chi connectivity index (χ4v) is 2.82. The van der Waals surface area contributed by atoms with E-state index < -0.39 is 15.5 Å². The van der Waals surface area contributed by atoms with Gasteiger partial charge >= 0.3 is 0 Å². The van der Waals surface area contributed by atoms with Gasteiger partial charge in [-0.05, 0) is 12.1 Å². The van der Waals surface area contributed by atoms with Crippen LogP contribution >= 0.6 is 0 Å². The third-order valence-corrected chi connectivity index (χ3v) is 4.63. The Morgan fingerprint density at radius 3 is 2.39 bits per heavy atom. The summed E-state index contributed by atoms with van der Waals surface area (Å²) in [6.07, 6.45) is 1.36. The lowest BCUT2D eigenvalue weighted by Crippen LogP contribution is -2.28. The van der Waals surface area contributed by atoms with E-state index in [1.807, 2.05) is 6.07 Å². The van der Waals surface area contributed by atoms with Crippen molar-refractivity contribution in [2.45, 2.75) is 4.90 Å². The molecule has 0 spiro atoms. The second kappa shape index (κ2) is 4.22. The zero-order valence-corrected chi connectivity index (χ0v) is 11.2. The lowest BCUT2D eigenvalue weighted by molar-refractivity contribution is 0.519. The number of hydrogen-bond donors (Lipinski definition) is 0. The Labute approximate surface area is 105 Å². The molecule has 2 aromatic rings. The Morgan fingerprint density at radius 1 is 1.17 bits per heavy atom. The van der Waals surface area contributed by atoms with Crippen molar-refractivity contribution in [1.29, 1.82) is 0 Å². The van der Waals surface area contributed by atoms with Gasteiger partial charge in [0.15, 0.2) is 0 Å². The summed E-state index contributed by atoms with van der Waals surface area (Å²) in [4.78, 5) is 12.0. The van der Waals surface area contributed by atoms with Crippen molar-refractivity contribution in [2.24, 2.45) is 7.05 Å². The summed E-state index contributed by atoms with van der Waals surface area (Å²) in [6.45, 7) is 0. The minimum absolute atomic E-state index is 0.200. The maximum Gasteiger partial charge on any atom is 0.247 e. The lowest BCUT2D eigenvalue weighted by Gasteiger charge is -2.13. The molecule has 0 aliphatic rings. The molecular formula is C12H14N2O3S. The minimum atomic E-state index is -3.72. The van der Waals surface area contributed by atoms with Crippen molar-refractivity contribution in [3.8, 4) is 0 Å². The molecule has 0 unspecified atom stereocenters. The van der Waals surface area contributed by atoms with Gasteiger partial charge in [0.25, 0.3) is 0 Å². The van der Waals surface area contributed by atoms with Gasteiger partial charge in [0.1, 0.15) is 4.90 Å². The minimum Gasteiger partial charge on any atom is -0.349 e. The first-order chi connectivity index (χ1) is 8.35. The molecule has 2 rings (SSSR count). The molecular weight excluding hydrogens is 252 g/mol. The van der Waals surface area contributed by atoms with Crippen LogP contribution in [-0.2, 0) is 17.1 Å². The number of para-hydroxylation sites is 1. The number of fused-ring (bicyclic) bond motifs is 1. The van der Waals surface area contributed by atoms with Crippen LogP contribution in [0, 0.1) is 0 Å². The maximum atomic E-state index is 12.2. The van der Waals surface area contributed by atoms with Crippen LogP contribution in [0.1, 0.15) is 0 Å². The molecule has 0 aliphatic carbocycles. The van der Waals surface area contributed by atoms with Crippen molar-refractivity contribution in [3.63, 3.8) is 0 Å². The van der Waals surface area contributed by atoms with E-state index in [0.717, 1.165) is 4.31 Å². The summed E-state index contributed by atoms with van der Waals surface area (Å²) in [5.41, 5.74) is 0.248. The highest BCUT2D eigenvalue weighted by atomic mass is 32.2. The summed E-state index contributed by atoms with van der Waals surface area (Å²) in [5.74, 6) is 0. The molecule has 0 fully saturated rings. The summed E-state index contributed by atoms with van der Waals surface area (Å²) >= 11 is 0. The van der Waals surface area contributed by atoms with Gasteiger partial charge in [0.2, 0.25) is 15.5 Å². The quantitative estimate of drug-likeness (QED) is 0.807. The summed E-state index contributed by atoms with van der Waals surface area (Å²) in [5, 5.41) is 0.405. The Balaban J connectivity index is 2.93.